The zero-order valence-corrected chi connectivity index (χ0v) is 14.2. The van der Waals surface area contributed by atoms with Gasteiger partial charge in [-0.25, -0.2) is 0 Å². The summed E-state index contributed by atoms with van der Waals surface area (Å²) >= 11 is 2.85. The lowest BCUT2D eigenvalue weighted by molar-refractivity contribution is 0.625. The van der Waals surface area contributed by atoms with Crippen LogP contribution in [-0.4, -0.2) is 5.57 Å². The lowest BCUT2D eigenvalue weighted by atomic mass is 10.2. The molecule has 0 saturated heterocycles. The van der Waals surface area contributed by atoms with Crippen molar-refractivity contribution in [3.63, 3.8) is 0 Å². The Hall–Kier alpha value is 0.947. The van der Waals surface area contributed by atoms with E-state index in [2.05, 4.69) is 70.3 Å². The first-order chi connectivity index (χ1) is 6.06. The molecule has 0 radical (unpaired) electrons. The molecule has 0 aromatic carbocycles. The molecule has 0 unspecified atom stereocenters. The summed E-state index contributed by atoms with van der Waals surface area (Å²) in [4.78, 5) is 0. The van der Waals surface area contributed by atoms with Crippen LogP contribution in [0.15, 0.2) is 0 Å². The van der Waals surface area contributed by atoms with Crippen LogP contribution in [0.1, 0.15) is 61.3 Å². The smallest absolute Gasteiger partial charge is 0.118 e. The van der Waals surface area contributed by atoms with E-state index in [0.717, 1.165) is 0 Å². The Labute approximate surface area is 104 Å². The molecule has 0 rings (SSSR count). The Morgan fingerprint density at radius 3 is 1.50 bits per heavy atom. The zero-order chi connectivity index (χ0) is 11.6. The van der Waals surface area contributed by atoms with Crippen molar-refractivity contribution < 1.29 is 0 Å². The Bertz CT molecular complexity index is 160. The van der Waals surface area contributed by atoms with Crippen LogP contribution in [0.25, 0.3) is 0 Å². The summed E-state index contributed by atoms with van der Waals surface area (Å²) in [6.07, 6.45) is 2.74. The van der Waals surface area contributed by atoms with E-state index >= 15 is 0 Å². The van der Waals surface area contributed by atoms with Gasteiger partial charge in [0, 0.05) is 0 Å². The monoisotopic (exact) mass is 326 g/mol. The van der Waals surface area contributed by atoms with Gasteiger partial charge in [-0.3, -0.25) is 0 Å². The molecule has 0 nitrogen and oxygen atoms in total. The summed E-state index contributed by atoms with van der Waals surface area (Å²) < 4.78 is 0. The van der Waals surface area contributed by atoms with Crippen LogP contribution in [0.5, 0.6) is 0 Å². The Kier molecular flexibility index (Phi) is 5.18. The molecule has 0 amide bonds. The largest absolute Gasteiger partial charge is 0.136 e. The number of hydrogen-bond donors (Lipinski definition) is 0. The SMILES string of the molecule is CCCC[Si](I)(C(C)(C)C)C(C)(C)C. The van der Waals surface area contributed by atoms with Crippen LogP contribution in [-0.2, 0) is 0 Å². The Balaban J connectivity index is 4.87. The van der Waals surface area contributed by atoms with Gasteiger partial charge >= 0.3 is 0 Å². The molecule has 0 fully saturated rings. The third-order valence-corrected chi connectivity index (χ3v) is 20.4. The highest BCUT2D eigenvalue weighted by Gasteiger charge is 2.50. The summed E-state index contributed by atoms with van der Waals surface area (Å²) in [7, 11) is 0. The molecule has 0 aliphatic heterocycles. The van der Waals surface area contributed by atoms with E-state index in [9.17, 15) is 0 Å². The van der Waals surface area contributed by atoms with Crippen LogP contribution in [0.4, 0.5) is 0 Å². The van der Waals surface area contributed by atoms with Gasteiger partial charge in [0.15, 0.2) is 0 Å². The standard InChI is InChI=1S/C12H27ISi/c1-8-9-10-14(13,11(2,3)4)12(5,6)7/h8-10H2,1-7H3. The summed E-state index contributed by atoms with van der Waals surface area (Å²) in [5.41, 5.74) is -1.20. The van der Waals surface area contributed by atoms with Crippen LogP contribution in [0, 0.1) is 0 Å². The molecule has 0 aromatic heterocycles. The quantitative estimate of drug-likeness (QED) is 0.351. The summed E-state index contributed by atoms with van der Waals surface area (Å²) in [5.74, 6) is 0. The minimum Gasteiger partial charge on any atom is -0.118 e. The van der Waals surface area contributed by atoms with Crippen LogP contribution in [0.3, 0.4) is 0 Å². The molecular weight excluding hydrogens is 299 g/mol. The van der Waals surface area contributed by atoms with E-state index in [1.807, 2.05) is 0 Å². The molecular formula is C12H27ISi. The molecule has 0 spiro atoms. The molecule has 0 saturated carbocycles. The second-order valence-electron chi connectivity index (χ2n) is 6.40. The maximum absolute atomic E-state index is 2.85. The van der Waals surface area contributed by atoms with Gasteiger partial charge in [0.05, 0.1) is 0 Å². The number of hydrogen-bond acceptors (Lipinski definition) is 0. The predicted molar refractivity (Wildman–Crippen MR) is 78.9 cm³/mol. The molecule has 0 atom stereocenters. The number of halogens is 1. The van der Waals surface area contributed by atoms with Gasteiger partial charge in [0.1, 0.15) is 5.57 Å². The van der Waals surface area contributed by atoms with E-state index in [0.29, 0.717) is 10.1 Å². The molecule has 0 aliphatic carbocycles. The minimum absolute atomic E-state index is 0.515. The zero-order valence-electron chi connectivity index (χ0n) is 11.0. The highest BCUT2D eigenvalue weighted by molar-refractivity contribution is 14.1. The molecule has 86 valence electrons. The number of rotatable bonds is 3. The molecule has 0 N–H and O–H groups in total. The summed E-state index contributed by atoms with van der Waals surface area (Å²) in [6, 6.07) is 1.47. The van der Waals surface area contributed by atoms with Gasteiger partial charge in [0.25, 0.3) is 0 Å². The van der Waals surface area contributed by atoms with Crippen molar-refractivity contribution in [2.24, 2.45) is 0 Å². The van der Waals surface area contributed by atoms with E-state index in [1.165, 1.54) is 18.9 Å². The Morgan fingerprint density at radius 1 is 0.929 bits per heavy atom. The van der Waals surface area contributed by atoms with Gasteiger partial charge < -0.3 is 0 Å². The van der Waals surface area contributed by atoms with Gasteiger partial charge in [-0.15, -0.1) is 21.8 Å². The average molecular weight is 326 g/mol. The van der Waals surface area contributed by atoms with Crippen molar-refractivity contribution in [2.45, 2.75) is 77.4 Å². The van der Waals surface area contributed by atoms with Crippen molar-refractivity contribution in [2.75, 3.05) is 0 Å². The predicted octanol–water partition coefficient (Wildman–Crippen LogP) is 5.77. The second-order valence-corrected chi connectivity index (χ2v) is 17.0. The maximum Gasteiger partial charge on any atom is 0.136 e. The average Bonchev–Trinajstić information content (AvgIpc) is 1.95. The third-order valence-electron chi connectivity index (χ3n) is 3.25. The summed E-state index contributed by atoms with van der Waals surface area (Å²) in [6.45, 7) is 16.9. The van der Waals surface area contributed by atoms with Crippen molar-refractivity contribution in [1.82, 2.24) is 0 Å². The van der Waals surface area contributed by atoms with Crippen molar-refractivity contribution in [3.8, 4) is 0 Å². The normalized spacial score (nSPS) is 14.6. The first-order valence-electron chi connectivity index (χ1n) is 5.75. The van der Waals surface area contributed by atoms with E-state index in [1.54, 1.807) is 0 Å². The maximum atomic E-state index is 2.85. The van der Waals surface area contributed by atoms with Crippen LogP contribution in [0.2, 0.25) is 16.1 Å². The Morgan fingerprint density at radius 2 is 1.29 bits per heavy atom. The first kappa shape index (κ1) is 14.9. The molecule has 0 aromatic rings. The van der Waals surface area contributed by atoms with Crippen molar-refractivity contribution in [3.05, 3.63) is 0 Å². The minimum atomic E-state index is -1.20. The molecule has 2 heteroatoms. The van der Waals surface area contributed by atoms with Gasteiger partial charge in [-0.2, -0.15) is 0 Å². The third kappa shape index (κ3) is 3.22. The lowest BCUT2D eigenvalue weighted by Gasteiger charge is -2.48. The van der Waals surface area contributed by atoms with Crippen LogP contribution < -0.4 is 0 Å². The highest BCUT2D eigenvalue weighted by atomic mass is 127. The fourth-order valence-electron chi connectivity index (χ4n) is 2.30. The topological polar surface area (TPSA) is 0 Å². The summed E-state index contributed by atoms with van der Waals surface area (Å²) in [5, 5.41) is 1.03. The van der Waals surface area contributed by atoms with E-state index < -0.39 is 5.57 Å². The number of unbranched alkanes of at least 4 members (excludes halogenated alkanes) is 1. The lowest BCUT2D eigenvalue weighted by Crippen LogP contribution is -2.45. The van der Waals surface area contributed by atoms with Crippen molar-refractivity contribution >= 4 is 27.4 Å². The molecule has 0 aliphatic rings. The van der Waals surface area contributed by atoms with Crippen molar-refractivity contribution in [1.29, 1.82) is 0 Å². The highest BCUT2D eigenvalue weighted by Crippen LogP contribution is 2.57. The van der Waals surface area contributed by atoms with Gasteiger partial charge in [-0.1, -0.05) is 61.3 Å². The van der Waals surface area contributed by atoms with Crippen LogP contribution >= 0.6 is 21.8 Å². The van der Waals surface area contributed by atoms with Gasteiger partial charge in [-0.05, 0) is 16.1 Å². The fraction of sp³-hybridized carbons (Fsp3) is 1.00. The second kappa shape index (κ2) is 4.85. The molecule has 0 bridgehead atoms. The first-order valence-corrected chi connectivity index (χ1v) is 11.1. The van der Waals surface area contributed by atoms with Gasteiger partial charge in [0.2, 0.25) is 0 Å². The van der Waals surface area contributed by atoms with E-state index in [-0.39, 0.29) is 0 Å². The fourth-order valence-corrected chi connectivity index (χ4v) is 8.03. The molecule has 14 heavy (non-hydrogen) atoms. The van der Waals surface area contributed by atoms with E-state index in [4.69, 9.17) is 0 Å². The molecule has 0 heterocycles.